The fraction of sp³-hybridized carbons (Fsp3) is 0.259. The van der Waals surface area contributed by atoms with Gasteiger partial charge in [-0.05, 0) is 44.0 Å². The summed E-state index contributed by atoms with van der Waals surface area (Å²) < 4.78 is 27.6. The van der Waals surface area contributed by atoms with Crippen LogP contribution < -0.4 is 29.6 Å². The van der Waals surface area contributed by atoms with E-state index >= 15 is 0 Å². The van der Waals surface area contributed by atoms with Crippen LogP contribution in [0.3, 0.4) is 0 Å². The number of nitrogens with zero attached hydrogens (tertiary/aromatic N) is 2. The Hall–Kier alpha value is -4.80. The molecule has 1 fully saturated rings. The van der Waals surface area contributed by atoms with Crippen LogP contribution in [0, 0.1) is 6.92 Å². The molecule has 0 saturated heterocycles. The first kappa shape index (κ1) is 24.9. The number of aromatic nitrogens is 2. The summed E-state index contributed by atoms with van der Waals surface area (Å²) in [6.45, 7) is 1.76. The molecule has 0 aliphatic heterocycles. The topological polar surface area (TPSA) is 134 Å². The molecule has 0 unspecified atom stereocenters. The average molecular weight is 519 g/mol. The van der Waals surface area contributed by atoms with Crippen LogP contribution in [-0.2, 0) is 0 Å². The molecular formula is C27H26N4O7. The van der Waals surface area contributed by atoms with Gasteiger partial charge in [-0.3, -0.25) is 15.1 Å². The van der Waals surface area contributed by atoms with E-state index in [-0.39, 0.29) is 5.69 Å². The number of nitrogens with one attached hydrogen (secondary N) is 2. The number of carbonyl (C=O) groups excluding carboxylic acids is 2. The van der Waals surface area contributed by atoms with Crippen molar-refractivity contribution in [2.24, 2.45) is 0 Å². The fourth-order valence-corrected chi connectivity index (χ4v) is 4.10. The summed E-state index contributed by atoms with van der Waals surface area (Å²) in [5.74, 6) is 2.78. The molecule has 1 aliphatic rings. The van der Waals surface area contributed by atoms with Crippen molar-refractivity contribution in [2.75, 3.05) is 26.6 Å². The van der Waals surface area contributed by atoms with Crippen LogP contribution in [0.25, 0.3) is 10.9 Å². The van der Waals surface area contributed by atoms with Gasteiger partial charge in [0.1, 0.15) is 23.0 Å². The van der Waals surface area contributed by atoms with Crippen LogP contribution in [0.15, 0.2) is 47.1 Å². The van der Waals surface area contributed by atoms with Crippen LogP contribution in [0.1, 0.15) is 40.6 Å². The van der Waals surface area contributed by atoms with Gasteiger partial charge in [0, 0.05) is 35.2 Å². The molecule has 0 spiro atoms. The predicted molar refractivity (Wildman–Crippen MR) is 138 cm³/mol. The van der Waals surface area contributed by atoms with Crippen molar-refractivity contribution >= 4 is 28.5 Å². The van der Waals surface area contributed by atoms with Gasteiger partial charge in [0.05, 0.1) is 32.5 Å². The van der Waals surface area contributed by atoms with Gasteiger partial charge >= 0.3 is 6.03 Å². The maximum absolute atomic E-state index is 12.6. The second kappa shape index (κ2) is 10.3. The Bertz CT molecular complexity index is 1530. The first-order chi connectivity index (χ1) is 18.4. The van der Waals surface area contributed by atoms with Gasteiger partial charge in [0.15, 0.2) is 17.2 Å². The summed E-state index contributed by atoms with van der Waals surface area (Å²) in [6, 6.07) is 9.44. The van der Waals surface area contributed by atoms with Crippen molar-refractivity contribution in [1.82, 2.24) is 15.5 Å². The minimum atomic E-state index is -0.737. The highest BCUT2D eigenvalue weighted by Crippen LogP contribution is 2.42. The maximum Gasteiger partial charge on any atom is 0.326 e. The zero-order valence-corrected chi connectivity index (χ0v) is 21.3. The number of carbonyl (C=O) groups is 2. The van der Waals surface area contributed by atoms with Gasteiger partial charge in [0.25, 0.3) is 5.91 Å². The summed E-state index contributed by atoms with van der Waals surface area (Å²) in [7, 11) is 4.58. The third-order valence-corrected chi connectivity index (χ3v) is 6.21. The number of rotatable bonds is 8. The standard InChI is InChI=1S/C27H26N4O7/c1-14-24(31-38-25(14)15-5-6-15)26(32)30-27(33)29-18-8-7-16(11-21(18)34-2)37-20-9-10-28-19-13-23(36-4)22(35-3)12-17(19)20/h7-13,15H,5-6H2,1-4H3,(H2,29,30,32,33). The molecule has 196 valence electrons. The SMILES string of the molecule is COc1cc(Oc2ccnc3cc(OC)c(OC)cc23)ccc1NC(=O)NC(=O)c1noc(C2CC2)c1C. The lowest BCUT2D eigenvalue weighted by molar-refractivity contribution is 0.0957. The minimum absolute atomic E-state index is 0.0941. The number of methoxy groups -OCH3 is 3. The fourth-order valence-electron chi connectivity index (χ4n) is 4.10. The van der Waals surface area contributed by atoms with Gasteiger partial charge < -0.3 is 28.8 Å². The number of hydrogen-bond donors (Lipinski definition) is 2. The van der Waals surface area contributed by atoms with E-state index in [1.807, 2.05) is 0 Å². The number of amides is 3. The van der Waals surface area contributed by atoms with E-state index in [0.29, 0.717) is 57.2 Å². The average Bonchev–Trinajstić information content (AvgIpc) is 3.69. The van der Waals surface area contributed by atoms with E-state index in [9.17, 15) is 9.59 Å². The van der Waals surface area contributed by atoms with E-state index in [0.717, 1.165) is 18.2 Å². The third kappa shape index (κ3) is 4.90. The number of imide groups is 1. The van der Waals surface area contributed by atoms with Crippen LogP contribution in [-0.4, -0.2) is 43.4 Å². The largest absolute Gasteiger partial charge is 0.494 e. The molecule has 1 saturated carbocycles. The summed E-state index contributed by atoms with van der Waals surface area (Å²) in [5, 5.41) is 9.45. The summed E-state index contributed by atoms with van der Waals surface area (Å²) in [4.78, 5) is 29.5. The third-order valence-electron chi connectivity index (χ3n) is 6.21. The Balaban J connectivity index is 1.31. The second-order valence-electron chi connectivity index (χ2n) is 8.70. The Kier molecular flexibility index (Phi) is 6.73. The van der Waals surface area contributed by atoms with E-state index in [2.05, 4.69) is 20.8 Å². The van der Waals surface area contributed by atoms with Crippen molar-refractivity contribution in [1.29, 1.82) is 0 Å². The lowest BCUT2D eigenvalue weighted by Crippen LogP contribution is -2.35. The quantitative estimate of drug-likeness (QED) is 0.323. The summed E-state index contributed by atoms with van der Waals surface area (Å²) >= 11 is 0. The summed E-state index contributed by atoms with van der Waals surface area (Å²) in [5.41, 5.74) is 1.75. The van der Waals surface area contributed by atoms with Crippen LogP contribution in [0.4, 0.5) is 10.5 Å². The molecule has 2 heterocycles. The molecule has 5 rings (SSSR count). The van der Waals surface area contributed by atoms with E-state index in [4.69, 9.17) is 23.5 Å². The number of urea groups is 1. The molecule has 0 radical (unpaired) electrons. The molecule has 1 aliphatic carbocycles. The first-order valence-corrected chi connectivity index (χ1v) is 11.9. The summed E-state index contributed by atoms with van der Waals surface area (Å²) in [6.07, 6.45) is 3.65. The highest BCUT2D eigenvalue weighted by atomic mass is 16.5. The minimum Gasteiger partial charge on any atom is -0.494 e. The predicted octanol–water partition coefficient (Wildman–Crippen LogP) is 5.19. The second-order valence-corrected chi connectivity index (χ2v) is 8.70. The van der Waals surface area contributed by atoms with E-state index in [1.54, 1.807) is 63.7 Å². The van der Waals surface area contributed by atoms with Crippen LogP contribution >= 0.6 is 0 Å². The van der Waals surface area contributed by atoms with Crippen molar-refractivity contribution < 1.29 is 33.1 Å². The van der Waals surface area contributed by atoms with Gasteiger partial charge in [-0.2, -0.15) is 0 Å². The normalized spacial score (nSPS) is 12.6. The molecule has 11 heteroatoms. The zero-order chi connectivity index (χ0) is 26.8. The molecule has 0 bridgehead atoms. The molecule has 2 aromatic carbocycles. The van der Waals surface area contributed by atoms with Gasteiger partial charge in [-0.15, -0.1) is 0 Å². The Labute approximate surface area is 218 Å². The number of benzene rings is 2. The zero-order valence-electron chi connectivity index (χ0n) is 21.3. The highest BCUT2D eigenvalue weighted by molar-refractivity contribution is 6.08. The molecule has 3 amide bonds. The molecule has 2 aromatic heterocycles. The monoisotopic (exact) mass is 518 g/mol. The van der Waals surface area contributed by atoms with Gasteiger partial charge in [-0.25, -0.2) is 4.79 Å². The Morgan fingerprint density at radius 3 is 2.39 bits per heavy atom. The number of anilines is 1. The molecule has 11 nitrogen and oxygen atoms in total. The number of fused-ring (bicyclic) bond motifs is 1. The Morgan fingerprint density at radius 2 is 1.68 bits per heavy atom. The number of pyridine rings is 1. The van der Waals surface area contributed by atoms with Crippen LogP contribution in [0.5, 0.6) is 28.7 Å². The molecule has 4 aromatic rings. The van der Waals surface area contributed by atoms with Crippen molar-refractivity contribution in [2.45, 2.75) is 25.7 Å². The molecule has 2 N–H and O–H groups in total. The van der Waals surface area contributed by atoms with Crippen molar-refractivity contribution in [3.8, 4) is 28.7 Å². The molecule has 0 atom stereocenters. The highest BCUT2D eigenvalue weighted by Gasteiger charge is 2.32. The molecular weight excluding hydrogens is 492 g/mol. The van der Waals surface area contributed by atoms with Crippen molar-refractivity contribution in [3.63, 3.8) is 0 Å². The molecule has 38 heavy (non-hydrogen) atoms. The smallest absolute Gasteiger partial charge is 0.326 e. The van der Waals surface area contributed by atoms with Gasteiger partial charge in [-0.1, -0.05) is 5.16 Å². The lowest BCUT2D eigenvalue weighted by Gasteiger charge is -2.14. The number of hydrogen-bond acceptors (Lipinski definition) is 9. The maximum atomic E-state index is 12.6. The van der Waals surface area contributed by atoms with Crippen LogP contribution in [0.2, 0.25) is 0 Å². The number of ether oxygens (including phenoxy) is 4. The van der Waals surface area contributed by atoms with Crippen molar-refractivity contribution in [3.05, 3.63) is 59.6 Å². The first-order valence-electron chi connectivity index (χ1n) is 11.9. The lowest BCUT2D eigenvalue weighted by atomic mass is 10.1. The Morgan fingerprint density at radius 1 is 0.947 bits per heavy atom. The van der Waals surface area contributed by atoms with E-state index in [1.165, 1.54) is 7.11 Å². The van der Waals surface area contributed by atoms with Gasteiger partial charge in [0.2, 0.25) is 0 Å². The van der Waals surface area contributed by atoms with E-state index < -0.39 is 11.9 Å².